The van der Waals surface area contributed by atoms with Crippen LogP contribution in [0.15, 0.2) is 48.6 Å². The molecule has 0 saturated carbocycles. The van der Waals surface area contributed by atoms with Gasteiger partial charge in [-0.05, 0) is 83.0 Å². The predicted molar refractivity (Wildman–Crippen MR) is 409 cm³/mol. The maximum absolute atomic E-state index is 13.1. The van der Waals surface area contributed by atoms with E-state index in [0.717, 1.165) is 128 Å². The Bertz CT molecular complexity index is 2100. The van der Waals surface area contributed by atoms with Gasteiger partial charge in [0.05, 0.1) is 26.4 Å². The van der Waals surface area contributed by atoms with Crippen LogP contribution in [0.1, 0.15) is 381 Å². The molecule has 19 heteroatoms. The summed E-state index contributed by atoms with van der Waals surface area (Å²) >= 11 is 0. The van der Waals surface area contributed by atoms with Crippen molar-refractivity contribution in [2.45, 2.75) is 400 Å². The minimum absolute atomic E-state index is 0.0819. The van der Waals surface area contributed by atoms with Crippen molar-refractivity contribution in [3.63, 3.8) is 0 Å². The zero-order chi connectivity index (χ0) is 73.4. The number of ether oxygens (including phenoxy) is 4. The van der Waals surface area contributed by atoms with Gasteiger partial charge in [-0.2, -0.15) is 0 Å². The molecular weight excluding hydrogens is 1310 g/mol. The first kappa shape index (κ1) is 97.0. The summed E-state index contributed by atoms with van der Waals surface area (Å²) in [7, 11) is -9.94. The lowest BCUT2D eigenvalue weighted by molar-refractivity contribution is -0.161. The van der Waals surface area contributed by atoms with Crippen LogP contribution in [0, 0.1) is 5.92 Å². The van der Waals surface area contributed by atoms with Crippen molar-refractivity contribution in [1.82, 2.24) is 0 Å². The third-order valence-electron chi connectivity index (χ3n) is 17.8. The van der Waals surface area contributed by atoms with Crippen molar-refractivity contribution < 1.29 is 80.2 Å². The number of aliphatic hydroxyl groups is 1. The van der Waals surface area contributed by atoms with E-state index in [4.69, 9.17) is 37.0 Å². The highest BCUT2D eigenvalue weighted by Crippen LogP contribution is 2.45. The van der Waals surface area contributed by atoms with Crippen LogP contribution in [0.2, 0.25) is 0 Å². The van der Waals surface area contributed by atoms with Gasteiger partial charge in [0.1, 0.15) is 19.3 Å². The number of esters is 4. The predicted octanol–water partition coefficient (Wildman–Crippen LogP) is 23.5. The number of carbonyl (C=O) groups excluding carboxylic acids is 4. The van der Waals surface area contributed by atoms with E-state index in [-0.39, 0.29) is 25.7 Å². The Hall–Kier alpha value is -2.98. The Kier molecular flexibility index (Phi) is 70.8. The summed E-state index contributed by atoms with van der Waals surface area (Å²) in [5.41, 5.74) is 0. The highest BCUT2D eigenvalue weighted by atomic mass is 31.2. The molecule has 0 radical (unpaired) electrons. The highest BCUT2D eigenvalue weighted by Gasteiger charge is 2.30. The van der Waals surface area contributed by atoms with Crippen LogP contribution in [-0.4, -0.2) is 96.7 Å². The SMILES string of the molecule is CCCCCC/C=C\C=C/CCCCCCCC(=O)OC[C@H](COP(=O)(O)OC[C@@H](O)COP(=O)(O)OC[C@@H](COC(=O)CCCCCCCCC(C)C)OC(=O)CCCCCCC/C=C\C=C/CCCCCC)OC(=O)CCCCCCCCCCCCCCCCCCCCCCC. The number of unbranched alkanes of at least 4 members (excludes halogenated alkanes) is 43. The molecule has 0 bridgehead atoms. The van der Waals surface area contributed by atoms with E-state index in [1.165, 1.54) is 167 Å². The molecule has 17 nitrogen and oxygen atoms in total. The number of rotatable bonds is 77. The van der Waals surface area contributed by atoms with Crippen molar-refractivity contribution in [2.75, 3.05) is 39.6 Å². The molecule has 0 fully saturated rings. The summed E-state index contributed by atoms with van der Waals surface area (Å²) in [5, 5.41) is 10.6. The van der Waals surface area contributed by atoms with E-state index in [0.29, 0.717) is 31.6 Å². The molecule has 100 heavy (non-hydrogen) atoms. The number of hydrogen-bond acceptors (Lipinski definition) is 15. The molecule has 0 heterocycles. The molecule has 586 valence electrons. The first-order chi connectivity index (χ1) is 48.5. The van der Waals surface area contributed by atoms with E-state index in [1.54, 1.807) is 0 Å². The van der Waals surface area contributed by atoms with E-state index < -0.39 is 97.5 Å². The van der Waals surface area contributed by atoms with Gasteiger partial charge in [-0.1, -0.05) is 327 Å². The molecule has 0 amide bonds. The maximum atomic E-state index is 13.1. The minimum Gasteiger partial charge on any atom is -0.462 e. The maximum Gasteiger partial charge on any atom is 0.472 e. The molecule has 0 aliphatic rings. The number of aliphatic hydroxyl groups excluding tert-OH is 1. The first-order valence-corrected chi connectivity index (χ1v) is 43.8. The number of carbonyl (C=O) groups is 4. The van der Waals surface area contributed by atoms with Gasteiger partial charge in [0.2, 0.25) is 0 Å². The quantitative estimate of drug-likeness (QED) is 0.0169. The topological polar surface area (TPSA) is 237 Å². The van der Waals surface area contributed by atoms with Gasteiger partial charge in [-0.15, -0.1) is 0 Å². The Labute approximate surface area is 610 Å². The van der Waals surface area contributed by atoms with Crippen LogP contribution >= 0.6 is 15.6 Å². The van der Waals surface area contributed by atoms with Crippen molar-refractivity contribution in [3.05, 3.63) is 48.6 Å². The summed E-state index contributed by atoms with van der Waals surface area (Å²) < 4.78 is 68.5. The molecule has 2 unspecified atom stereocenters. The Balaban J connectivity index is 5.27. The molecule has 0 aliphatic carbocycles. The van der Waals surface area contributed by atoms with Gasteiger partial charge in [0.15, 0.2) is 12.2 Å². The number of hydrogen-bond donors (Lipinski definition) is 3. The van der Waals surface area contributed by atoms with Crippen LogP contribution in [0.25, 0.3) is 0 Å². The Morgan fingerprint density at radius 3 is 0.820 bits per heavy atom. The molecule has 5 atom stereocenters. The van der Waals surface area contributed by atoms with Crippen molar-refractivity contribution in [1.29, 1.82) is 0 Å². The average Bonchev–Trinajstić information content (AvgIpc) is 0.917. The van der Waals surface area contributed by atoms with E-state index in [9.17, 15) is 43.2 Å². The van der Waals surface area contributed by atoms with E-state index in [1.807, 2.05) is 0 Å². The van der Waals surface area contributed by atoms with Gasteiger partial charge in [-0.25, -0.2) is 9.13 Å². The lowest BCUT2D eigenvalue weighted by Crippen LogP contribution is -2.30. The van der Waals surface area contributed by atoms with Crippen LogP contribution in [0.4, 0.5) is 0 Å². The Morgan fingerprint density at radius 2 is 0.540 bits per heavy atom. The van der Waals surface area contributed by atoms with Crippen molar-refractivity contribution in [3.8, 4) is 0 Å². The second kappa shape index (κ2) is 72.9. The van der Waals surface area contributed by atoms with Crippen molar-refractivity contribution >= 4 is 39.5 Å². The smallest absolute Gasteiger partial charge is 0.462 e. The fraction of sp³-hybridized carbons (Fsp3) is 0.852. The van der Waals surface area contributed by atoms with Crippen LogP contribution in [-0.2, 0) is 65.4 Å². The standard InChI is InChI=1S/C81H150O17P2/c1-6-9-12-15-18-21-24-27-30-31-32-33-34-35-38-41-44-47-50-57-62-66-80(85)97-76(70-91-78(83)64-59-54-48-45-42-39-36-28-25-22-19-16-13-10-7-2)72-95-99(87,88)93-68-75(82)69-94-100(89,90)96-73-77(71-92-79(84)65-60-55-52-51-53-58-63-74(4)5)98-81(86)67-61-56-49-46-43-40-37-29-26-23-20-17-14-11-8-3/h22-23,25-26,28-29,36-37,74-77,82H,6-21,24,27,30-35,38-73H2,1-5H3,(H,87,88)(H,89,90)/b25-22-,26-23-,36-28-,37-29-/t75-,76-,77-/m1/s1. The number of phosphoric acid groups is 2. The summed E-state index contributed by atoms with van der Waals surface area (Å²) in [6, 6.07) is 0. The largest absolute Gasteiger partial charge is 0.472 e. The lowest BCUT2D eigenvalue weighted by atomic mass is 10.0. The van der Waals surface area contributed by atoms with E-state index in [2.05, 4.69) is 83.2 Å². The molecule has 0 aromatic carbocycles. The van der Waals surface area contributed by atoms with Crippen molar-refractivity contribution in [2.24, 2.45) is 5.92 Å². The molecule has 0 aliphatic heterocycles. The molecule has 0 rings (SSSR count). The third kappa shape index (κ3) is 73.3. The normalized spacial score (nSPS) is 14.2. The van der Waals surface area contributed by atoms with Crippen LogP contribution in [0.3, 0.4) is 0 Å². The van der Waals surface area contributed by atoms with Crippen LogP contribution in [0.5, 0.6) is 0 Å². The first-order valence-electron chi connectivity index (χ1n) is 40.8. The molecule has 0 aromatic heterocycles. The van der Waals surface area contributed by atoms with Gasteiger partial charge >= 0.3 is 39.5 Å². The summed E-state index contributed by atoms with van der Waals surface area (Å²) in [5.74, 6) is -1.50. The average molecular weight is 1460 g/mol. The molecule has 0 saturated heterocycles. The number of phosphoric ester groups is 2. The summed E-state index contributed by atoms with van der Waals surface area (Å²) in [4.78, 5) is 72.9. The zero-order valence-electron chi connectivity index (χ0n) is 64.3. The van der Waals surface area contributed by atoms with Gasteiger partial charge < -0.3 is 33.8 Å². The number of allylic oxidation sites excluding steroid dienone is 8. The monoisotopic (exact) mass is 1460 g/mol. The van der Waals surface area contributed by atoms with Gasteiger partial charge in [0, 0.05) is 25.7 Å². The third-order valence-corrected chi connectivity index (χ3v) is 19.7. The van der Waals surface area contributed by atoms with Gasteiger partial charge in [-0.3, -0.25) is 37.3 Å². The minimum atomic E-state index is -4.97. The molecule has 0 spiro atoms. The molecule has 0 aromatic rings. The van der Waals surface area contributed by atoms with E-state index >= 15 is 0 Å². The molecular formula is C81H150O17P2. The second-order valence-corrected chi connectivity index (χ2v) is 31.2. The fourth-order valence-corrected chi connectivity index (χ4v) is 13.1. The van der Waals surface area contributed by atoms with Gasteiger partial charge in [0.25, 0.3) is 0 Å². The van der Waals surface area contributed by atoms with Crippen LogP contribution < -0.4 is 0 Å². The summed E-state index contributed by atoms with van der Waals surface area (Å²) in [6.45, 7) is 7.10. The molecule has 3 N–H and O–H groups in total. The highest BCUT2D eigenvalue weighted by molar-refractivity contribution is 7.47. The fourth-order valence-electron chi connectivity index (χ4n) is 11.5. The summed E-state index contributed by atoms with van der Waals surface area (Å²) in [6.07, 6.45) is 69.9. The lowest BCUT2D eigenvalue weighted by Gasteiger charge is -2.21. The second-order valence-electron chi connectivity index (χ2n) is 28.3. The Morgan fingerprint density at radius 1 is 0.310 bits per heavy atom. The zero-order valence-corrected chi connectivity index (χ0v) is 66.1.